The number of rotatable bonds is 9. The minimum absolute atomic E-state index is 0.0505. The number of aromatic nitrogens is 1. The standard InChI is InChI=1S/C41H57N11O6/c42-36(54)30-15-6-7-19-45-20-9-18-35(53)52-22-10-17-34(52)40(58)51-32(23-26-11-2-1-3-12-26)38(56)49-31(16-8-21-46-41(43)44)37(55)50-33(39(57)48-30)24-27-25-47-29-14-5-4-13-28(27)29/h1-5,11-14,25,30-34,45,47H,6-10,15-24H2,(H2,42,54)(H,48,57)(H,49,56)(H,50,55)(H,51,58)(H4,43,44,46)/t30-,31-,32+,33-,34-/m0/s1. The normalized spacial score (nSPS) is 23.6. The Balaban J connectivity index is 1.46. The molecule has 0 saturated carbocycles. The van der Waals surface area contributed by atoms with Crippen LogP contribution >= 0.6 is 0 Å². The Bertz CT molecular complexity index is 1910. The van der Waals surface area contributed by atoms with Crippen LogP contribution in [0.15, 0.2) is 65.8 Å². The van der Waals surface area contributed by atoms with Crippen molar-refractivity contribution in [1.82, 2.24) is 36.5 Å². The fourth-order valence-corrected chi connectivity index (χ4v) is 7.50. The molecule has 1 aromatic heterocycles. The van der Waals surface area contributed by atoms with E-state index in [0.717, 1.165) is 22.0 Å². The molecule has 0 spiro atoms. The fraction of sp³-hybridized carbons (Fsp3) is 0.488. The molecule has 2 saturated heterocycles. The van der Waals surface area contributed by atoms with Crippen molar-refractivity contribution in [2.24, 2.45) is 22.2 Å². The van der Waals surface area contributed by atoms with E-state index in [9.17, 15) is 28.8 Å². The largest absolute Gasteiger partial charge is 0.370 e. The molecule has 3 heterocycles. The SMILES string of the molecule is NC(=O)[C@@H]1CCCCNCCCC(=O)N2CCC[C@H]2C(=O)N[C@H](Cc2ccccc2)C(=O)N[C@@H](CCCN=C(N)N)C(=O)N[C@@H](Cc2c[nH]c3ccccc23)C(=O)N1. The number of nitrogens with two attached hydrogens (primary N) is 3. The molecule has 2 aliphatic rings. The zero-order valence-electron chi connectivity index (χ0n) is 32.8. The van der Waals surface area contributed by atoms with Crippen LogP contribution in [0.5, 0.6) is 0 Å². The summed E-state index contributed by atoms with van der Waals surface area (Å²) < 4.78 is 0. The summed E-state index contributed by atoms with van der Waals surface area (Å²) in [7, 11) is 0. The van der Waals surface area contributed by atoms with Gasteiger partial charge in [0.1, 0.15) is 30.2 Å². The average Bonchev–Trinajstić information content (AvgIpc) is 3.87. The Morgan fingerprint density at radius 3 is 2.17 bits per heavy atom. The smallest absolute Gasteiger partial charge is 0.243 e. The number of aromatic amines is 1. The van der Waals surface area contributed by atoms with E-state index in [0.29, 0.717) is 51.7 Å². The summed E-state index contributed by atoms with van der Waals surface area (Å²) in [6, 6.07) is 11.4. The van der Waals surface area contributed by atoms with E-state index in [4.69, 9.17) is 17.2 Å². The van der Waals surface area contributed by atoms with Gasteiger partial charge in [-0.2, -0.15) is 0 Å². The summed E-state index contributed by atoms with van der Waals surface area (Å²) in [6.07, 6.45) is 5.71. The van der Waals surface area contributed by atoms with Crippen molar-refractivity contribution in [2.45, 2.75) is 101 Å². The number of nitrogens with one attached hydrogen (secondary N) is 6. The molecule has 0 unspecified atom stereocenters. The van der Waals surface area contributed by atoms with Crippen LogP contribution in [0, 0.1) is 0 Å². The Hall–Kier alpha value is -5.97. The van der Waals surface area contributed by atoms with Crippen LogP contribution in [0.1, 0.15) is 68.9 Å². The number of primary amides is 1. The Labute approximate surface area is 338 Å². The summed E-state index contributed by atoms with van der Waals surface area (Å²) in [5.74, 6) is -3.36. The third kappa shape index (κ3) is 12.5. The van der Waals surface area contributed by atoms with Crippen molar-refractivity contribution in [1.29, 1.82) is 0 Å². The quantitative estimate of drug-likeness (QED) is 0.0798. The van der Waals surface area contributed by atoms with Crippen molar-refractivity contribution in [3.63, 3.8) is 0 Å². The van der Waals surface area contributed by atoms with Crippen molar-refractivity contribution in [3.8, 4) is 0 Å². The number of guanidine groups is 1. The Morgan fingerprint density at radius 2 is 1.40 bits per heavy atom. The summed E-state index contributed by atoms with van der Waals surface area (Å²) in [5, 5.41) is 15.5. The molecule has 17 nitrogen and oxygen atoms in total. The predicted octanol–water partition coefficient (Wildman–Crippen LogP) is -0.0241. The van der Waals surface area contributed by atoms with E-state index < -0.39 is 59.7 Å². The second-order valence-electron chi connectivity index (χ2n) is 14.9. The van der Waals surface area contributed by atoms with Crippen molar-refractivity contribution < 1.29 is 28.8 Å². The highest BCUT2D eigenvalue weighted by Crippen LogP contribution is 2.21. The summed E-state index contributed by atoms with van der Waals surface area (Å²) in [4.78, 5) is 91.2. The first-order chi connectivity index (χ1) is 28.0. The zero-order valence-corrected chi connectivity index (χ0v) is 32.8. The number of benzene rings is 2. The second-order valence-corrected chi connectivity index (χ2v) is 14.9. The first kappa shape index (κ1) is 43.2. The number of H-pyrrole nitrogens is 1. The number of hydrogen-bond acceptors (Lipinski definition) is 8. The van der Waals surface area contributed by atoms with Gasteiger partial charge in [-0.1, -0.05) is 48.5 Å². The monoisotopic (exact) mass is 799 g/mol. The van der Waals surface area contributed by atoms with Gasteiger partial charge in [-0.3, -0.25) is 33.8 Å². The van der Waals surface area contributed by atoms with Gasteiger partial charge in [0.2, 0.25) is 35.4 Å². The van der Waals surface area contributed by atoms with Crippen LogP contribution in [0.2, 0.25) is 0 Å². The van der Waals surface area contributed by atoms with E-state index >= 15 is 0 Å². The molecule has 5 rings (SSSR count). The number of hydrogen-bond donors (Lipinski definition) is 9. The van der Waals surface area contributed by atoms with Gasteiger partial charge < -0.3 is 53.7 Å². The summed E-state index contributed by atoms with van der Waals surface area (Å²) >= 11 is 0. The molecule has 5 atom stereocenters. The number of carbonyl (C=O) groups is 6. The lowest BCUT2D eigenvalue weighted by Gasteiger charge is -2.28. The van der Waals surface area contributed by atoms with Gasteiger partial charge in [0.25, 0.3) is 0 Å². The van der Waals surface area contributed by atoms with Crippen molar-refractivity contribution in [3.05, 3.63) is 71.9 Å². The first-order valence-corrected chi connectivity index (χ1v) is 20.2. The summed E-state index contributed by atoms with van der Waals surface area (Å²) in [6.45, 7) is 1.79. The first-order valence-electron chi connectivity index (χ1n) is 20.2. The van der Waals surface area contributed by atoms with Crippen LogP contribution < -0.4 is 43.8 Å². The van der Waals surface area contributed by atoms with Crippen LogP contribution in [-0.4, -0.2) is 108 Å². The molecule has 12 N–H and O–H groups in total. The lowest BCUT2D eigenvalue weighted by Crippen LogP contribution is -2.59. The van der Waals surface area contributed by atoms with E-state index in [1.807, 2.05) is 54.6 Å². The second kappa shape index (κ2) is 21.5. The molecule has 6 amide bonds. The van der Waals surface area contributed by atoms with Gasteiger partial charge >= 0.3 is 0 Å². The molecule has 0 aliphatic carbocycles. The zero-order chi connectivity index (χ0) is 41.4. The number of amides is 6. The predicted molar refractivity (Wildman–Crippen MR) is 220 cm³/mol. The molecule has 3 aromatic rings. The van der Waals surface area contributed by atoms with E-state index in [2.05, 4.69) is 36.6 Å². The van der Waals surface area contributed by atoms with Gasteiger partial charge in [0, 0.05) is 49.5 Å². The van der Waals surface area contributed by atoms with Crippen LogP contribution in [-0.2, 0) is 41.6 Å². The molecule has 58 heavy (non-hydrogen) atoms. The molecule has 2 aliphatic heterocycles. The number of carbonyl (C=O) groups excluding carboxylic acids is 6. The molecule has 0 radical (unpaired) electrons. The van der Waals surface area contributed by atoms with Gasteiger partial charge in [0.05, 0.1) is 0 Å². The minimum atomic E-state index is -1.19. The van der Waals surface area contributed by atoms with Crippen molar-refractivity contribution in [2.75, 3.05) is 26.2 Å². The minimum Gasteiger partial charge on any atom is -0.370 e. The highest BCUT2D eigenvalue weighted by atomic mass is 16.2. The van der Waals surface area contributed by atoms with Crippen LogP contribution in [0.4, 0.5) is 0 Å². The van der Waals surface area contributed by atoms with Gasteiger partial charge in [-0.25, -0.2) is 0 Å². The highest BCUT2D eigenvalue weighted by Gasteiger charge is 2.37. The maximum absolute atomic E-state index is 14.3. The lowest BCUT2D eigenvalue weighted by molar-refractivity contribution is -0.139. The molecule has 0 bridgehead atoms. The Morgan fingerprint density at radius 1 is 0.724 bits per heavy atom. The van der Waals surface area contributed by atoms with E-state index in [1.165, 1.54) is 0 Å². The van der Waals surface area contributed by atoms with Gasteiger partial charge in [-0.05, 0) is 81.6 Å². The maximum atomic E-state index is 14.3. The lowest BCUT2D eigenvalue weighted by atomic mass is 10.0. The number of nitrogens with zero attached hydrogens (tertiary/aromatic N) is 2. The molecule has 17 heteroatoms. The number of para-hydroxylation sites is 1. The molecular weight excluding hydrogens is 743 g/mol. The van der Waals surface area contributed by atoms with Crippen LogP contribution in [0.25, 0.3) is 10.9 Å². The number of fused-ring (bicyclic) bond motifs is 2. The van der Waals surface area contributed by atoms with Crippen LogP contribution in [0.3, 0.4) is 0 Å². The number of aliphatic imine (C=N–C) groups is 1. The van der Waals surface area contributed by atoms with Crippen molar-refractivity contribution >= 4 is 52.3 Å². The maximum Gasteiger partial charge on any atom is 0.243 e. The highest BCUT2D eigenvalue weighted by molar-refractivity contribution is 5.97. The Kier molecular flexibility index (Phi) is 16.0. The topological polar surface area (TPSA) is 272 Å². The molecule has 2 aromatic carbocycles. The van der Waals surface area contributed by atoms with E-state index in [-0.39, 0.29) is 56.9 Å². The molecule has 2 fully saturated rings. The van der Waals surface area contributed by atoms with Gasteiger partial charge in [-0.15, -0.1) is 0 Å². The van der Waals surface area contributed by atoms with Gasteiger partial charge in [0.15, 0.2) is 5.96 Å². The molecule has 312 valence electrons. The third-order valence-corrected chi connectivity index (χ3v) is 10.6. The molecular formula is C41H57N11O6. The summed E-state index contributed by atoms with van der Waals surface area (Å²) in [5.41, 5.74) is 19.2. The van der Waals surface area contributed by atoms with E-state index in [1.54, 1.807) is 11.1 Å². The third-order valence-electron chi connectivity index (χ3n) is 10.6. The average molecular weight is 800 g/mol. The fourth-order valence-electron chi connectivity index (χ4n) is 7.50.